The van der Waals surface area contributed by atoms with Crippen LogP contribution in [0.4, 0.5) is 4.39 Å². The van der Waals surface area contributed by atoms with E-state index in [1.807, 2.05) is 0 Å². The summed E-state index contributed by atoms with van der Waals surface area (Å²) in [5.41, 5.74) is 1.03. The molecule has 1 fully saturated rings. The molecule has 0 spiro atoms. The molecule has 1 saturated heterocycles. The smallest absolute Gasteiger partial charge is 0.274 e. The number of aromatic nitrogens is 2. The summed E-state index contributed by atoms with van der Waals surface area (Å²) in [6, 6.07) is 7.41. The van der Waals surface area contributed by atoms with Crippen molar-refractivity contribution in [1.29, 1.82) is 0 Å². The largest absolute Gasteiger partial charge is 0.394 e. The van der Waals surface area contributed by atoms with E-state index in [-0.39, 0.29) is 30.3 Å². The molecule has 5 nitrogen and oxygen atoms in total. The third-order valence-corrected chi connectivity index (χ3v) is 4.46. The molecule has 0 aliphatic carbocycles. The average molecular weight is 317 g/mol. The van der Waals surface area contributed by atoms with Gasteiger partial charge < -0.3 is 10.0 Å². The lowest BCUT2D eigenvalue weighted by Gasteiger charge is -2.38. The van der Waals surface area contributed by atoms with E-state index in [0.717, 1.165) is 12.8 Å². The van der Waals surface area contributed by atoms with Crippen molar-refractivity contribution >= 4 is 5.91 Å². The number of carbonyl (C=O) groups is 1. The van der Waals surface area contributed by atoms with Gasteiger partial charge in [-0.15, -0.1) is 0 Å². The molecule has 0 saturated carbocycles. The lowest BCUT2D eigenvalue weighted by atomic mass is 9.91. The van der Waals surface area contributed by atoms with Crippen LogP contribution in [0.2, 0.25) is 0 Å². The van der Waals surface area contributed by atoms with Crippen LogP contribution in [0.5, 0.6) is 0 Å². The number of halogens is 1. The second kappa shape index (κ2) is 6.50. The first-order valence-corrected chi connectivity index (χ1v) is 7.83. The van der Waals surface area contributed by atoms with Crippen molar-refractivity contribution in [3.8, 4) is 5.69 Å². The molecule has 2 unspecified atom stereocenters. The Bertz CT molecular complexity index is 683. The average Bonchev–Trinajstić information content (AvgIpc) is 3.04. The molecule has 2 heterocycles. The molecule has 1 N–H and O–H groups in total. The standard InChI is InChI=1S/C17H20FN3O2/c1-12-3-2-9-20(16(12)11-22)17(23)15-8-10-21(19-15)14-6-4-13(18)5-7-14/h4-8,10,12,16,22H,2-3,9,11H2,1H3. The van der Waals surface area contributed by atoms with Crippen molar-refractivity contribution in [1.82, 2.24) is 14.7 Å². The van der Waals surface area contributed by atoms with E-state index in [9.17, 15) is 14.3 Å². The van der Waals surface area contributed by atoms with Crippen molar-refractivity contribution in [2.45, 2.75) is 25.8 Å². The predicted molar refractivity (Wildman–Crippen MR) is 83.8 cm³/mol. The SMILES string of the molecule is CC1CCCN(C(=O)c2ccn(-c3ccc(F)cc3)n2)C1CO. The van der Waals surface area contributed by atoms with E-state index in [1.165, 1.54) is 12.1 Å². The number of benzene rings is 1. The topological polar surface area (TPSA) is 58.4 Å². The second-order valence-electron chi connectivity index (χ2n) is 5.99. The summed E-state index contributed by atoms with van der Waals surface area (Å²) < 4.78 is 14.5. The van der Waals surface area contributed by atoms with Gasteiger partial charge in [-0.05, 0) is 49.1 Å². The Morgan fingerprint density at radius 1 is 1.35 bits per heavy atom. The van der Waals surface area contributed by atoms with Gasteiger partial charge in [-0.25, -0.2) is 9.07 Å². The van der Waals surface area contributed by atoms with Gasteiger partial charge in [0, 0.05) is 12.7 Å². The molecule has 0 bridgehead atoms. The van der Waals surface area contributed by atoms with E-state index in [0.29, 0.717) is 17.9 Å². The van der Waals surface area contributed by atoms with Crippen LogP contribution in [0.1, 0.15) is 30.3 Å². The van der Waals surface area contributed by atoms with Crippen molar-refractivity contribution in [2.24, 2.45) is 5.92 Å². The van der Waals surface area contributed by atoms with Crippen LogP contribution in [-0.2, 0) is 0 Å². The number of carbonyl (C=O) groups excluding carboxylic acids is 1. The zero-order valence-corrected chi connectivity index (χ0v) is 13.0. The quantitative estimate of drug-likeness (QED) is 0.944. The number of likely N-dealkylation sites (tertiary alicyclic amines) is 1. The predicted octanol–water partition coefficient (Wildman–Crippen LogP) is 2.24. The zero-order chi connectivity index (χ0) is 16.4. The molecule has 23 heavy (non-hydrogen) atoms. The fourth-order valence-corrected chi connectivity index (χ4v) is 3.10. The Morgan fingerprint density at radius 3 is 2.78 bits per heavy atom. The van der Waals surface area contributed by atoms with E-state index in [1.54, 1.807) is 34.0 Å². The van der Waals surface area contributed by atoms with E-state index in [4.69, 9.17) is 0 Å². The van der Waals surface area contributed by atoms with E-state index >= 15 is 0 Å². The summed E-state index contributed by atoms with van der Waals surface area (Å²) in [7, 11) is 0. The van der Waals surface area contributed by atoms with Gasteiger partial charge >= 0.3 is 0 Å². The minimum absolute atomic E-state index is 0.0361. The molecule has 6 heteroatoms. The molecule has 1 aromatic heterocycles. The highest BCUT2D eigenvalue weighted by Gasteiger charge is 2.32. The Balaban J connectivity index is 1.82. The van der Waals surface area contributed by atoms with Crippen LogP contribution in [0.25, 0.3) is 5.69 Å². The van der Waals surface area contributed by atoms with Crippen LogP contribution in [0.15, 0.2) is 36.5 Å². The fourth-order valence-electron chi connectivity index (χ4n) is 3.10. The lowest BCUT2D eigenvalue weighted by molar-refractivity contribution is 0.0353. The third-order valence-electron chi connectivity index (χ3n) is 4.46. The lowest BCUT2D eigenvalue weighted by Crippen LogP contribution is -2.49. The summed E-state index contributed by atoms with van der Waals surface area (Å²) in [6.07, 6.45) is 3.63. The molecule has 0 radical (unpaired) electrons. The first-order chi connectivity index (χ1) is 11.1. The molecule has 1 aliphatic heterocycles. The maximum Gasteiger partial charge on any atom is 0.274 e. The number of hydrogen-bond acceptors (Lipinski definition) is 3. The number of hydrogen-bond donors (Lipinski definition) is 1. The highest BCUT2D eigenvalue weighted by molar-refractivity contribution is 5.92. The first kappa shape index (κ1) is 15.7. The number of aliphatic hydroxyl groups is 1. The maximum absolute atomic E-state index is 13.0. The number of aliphatic hydroxyl groups excluding tert-OH is 1. The molecular formula is C17H20FN3O2. The number of piperidine rings is 1. The van der Waals surface area contributed by atoms with E-state index in [2.05, 4.69) is 12.0 Å². The summed E-state index contributed by atoms with van der Waals surface area (Å²) >= 11 is 0. The molecular weight excluding hydrogens is 297 g/mol. The van der Waals surface area contributed by atoms with Crippen LogP contribution >= 0.6 is 0 Å². The van der Waals surface area contributed by atoms with Crippen LogP contribution in [0.3, 0.4) is 0 Å². The normalized spacial score (nSPS) is 21.4. The molecule has 1 amide bonds. The summed E-state index contributed by atoms with van der Waals surface area (Å²) in [5, 5.41) is 13.9. The maximum atomic E-state index is 13.0. The summed E-state index contributed by atoms with van der Waals surface area (Å²) in [4.78, 5) is 14.4. The third kappa shape index (κ3) is 3.12. The second-order valence-corrected chi connectivity index (χ2v) is 5.99. The Morgan fingerprint density at radius 2 is 2.09 bits per heavy atom. The van der Waals surface area contributed by atoms with Gasteiger partial charge in [0.1, 0.15) is 5.82 Å². The van der Waals surface area contributed by atoms with Gasteiger partial charge in [-0.1, -0.05) is 6.92 Å². The highest BCUT2D eigenvalue weighted by Crippen LogP contribution is 2.24. The monoisotopic (exact) mass is 317 g/mol. The number of rotatable bonds is 3. The Labute approximate surface area is 134 Å². The Hall–Kier alpha value is -2.21. The van der Waals surface area contributed by atoms with Gasteiger partial charge in [0.2, 0.25) is 0 Å². The minimum atomic E-state index is -0.315. The van der Waals surface area contributed by atoms with Gasteiger partial charge in [-0.2, -0.15) is 5.10 Å². The fraction of sp³-hybridized carbons (Fsp3) is 0.412. The van der Waals surface area contributed by atoms with Crippen molar-refractivity contribution < 1.29 is 14.3 Å². The summed E-state index contributed by atoms with van der Waals surface area (Å²) in [5.74, 6) is -0.210. The molecule has 2 aromatic rings. The number of nitrogens with zero attached hydrogens (tertiary/aromatic N) is 3. The molecule has 1 aromatic carbocycles. The van der Waals surface area contributed by atoms with Crippen molar-refractivity contribution in [2.75, 3.05) is 13.2 Å². The van der Waals surface area contributed by atoms with Crippen molar-refractivity contribution in [3.63, 3.8) is 0 Å². The molecule has 3 rings (SSSR count). The van der Waals surface area contributed by atoms with Crippen molar-refractivity contribution in [3.05, 3.63) is 48.0 Å². The molecule has 122 valence electrons. The summed E-state index contributed by atoms with van der Waals surface area (Å²) in [6.45, 7) is 2.65. The van der Waals surface area contributed by atoms with Crippen LogP contribution < -0.4 is 0 Å². The minimum Gasteiger partial charge on any atom is -0.394 e. The zero-order valence-electron chi connectivity index (χ0n) is 13.0. The highest BCUT2D eigenvalue weighted by atomic mass is 19.1. The van der Waals surface area contributed by atoms with Gasteiger partial charge in [0.05, 0.1) is 18.3 Å². The molecule has 1 aliphatic rings. The van der Waals surface area contributed by atoms with E-state index < -0.39 is 0 Å². The molecule has 2 atom stereocenters. The van der Waals surface area contributed by atoms with Gasteiger partial charge in [0.25, 0.3) is 5.91 Å². The first-order valence-electron chi connectivity index (χ1n) is 7.83. The van der Waals surface area contributed by atoms with Crippen LogP contribution in [-0.4, -0.2) is 44.9 Å². The van der Waals surface area contributed by atoms with Gasteiger partial charge in [0.15, 0.2) is 5.69 Å². The number of amides is 1. The van der Waals surface area contributed by atoms with Gasteiger partial charge in [-0.3, -0.25) is 4.79 Å². The Kier molecular flexibility index (Phi) is 4.43. The van der Waals surface area contributed by atoms with Crippen LogP contribution in [0, 0.1) is 11.7 Å².